The molecule has 0 aliphatic heterocycles. The summed E-state index contributed by atoms with van der Waals surface area (Å²) in [4.78, 5) is 22.6. The van der Waals surface area contributed by atoms with Crippen LogP contribution in [0.1, 0.15) is 85.0 Å². The van der Waals surface area contributed by atoms with Gasteiger partial charge in [-0.1, -0.05) is 64.7 Å². The van der Waals surface area contributed by atoms with E-state index in [2.05, 4.69) is 17.6 Å². The zero-order chi connectivity index (χ0) is 20.8. The SMILES string of the molecule is CCCCCCCCCCCCOc1cc(NC(C)=O)c(O)c(NC(C)=O)c1. The molecular weight excluding hydrogens is 356 g/mol. The molecule has 1 rings (SSSR count). The molecule has 0 heterocycles. The minimum absolute atomic E-state index is 0.184. The number of benzene rings is 1. The first-order valence-electron chi connectivity index (χ1n) is 10.5. The molecule has 0 aliphatic carbocycles. The minimum Gasteiger partial charge on any atom is -0.504 e. The maximum atomic E-state index is 11.3. The third-order valence-electron chi connectivity index (χ3n) is 4.47. The van der Waals surface area contributed by atoms with E-state index >= 15 is 0 Å². The smallest absolute Gasteiger partial charge is 0.221 e. The Morgan fingerprint density at radius 1 is 0.821 bits per heavy atom. The van der Waals surface area contributed by atoms with E-state index in [9.17, 15) is 14.7 Å². The van der Waals surface area contributed by atoms with E-state index < -0.39 is 0 Å². The largest absolute Gasteiger partial charge is 0.504 e. The molecule has 158 valence electrons. The summed E-state index contributed by atoms with van der Waals surface area (Å²) in [6.45, 7) is 5.51. The number of phenols is 1. The van der Waals surface area contributed by atoms with Crippen LogP contribution in [-0.4, -0.2) is 23.5 Å². The van der Waals surface area contributed by atoms with Crippen LogP contribution >= 0.6 is 0 Å². The molecule has 0 unspecified atom stereocenters. The monoisotopic (exact) mass is 392 g/mol. The molecule has 0 fully saturated rings. The van der Waals surface area contributed by atoms with Crippen molar-refractivity contribution in [2.45, 2.75) is 85.0 Å². The van der Waals surface area contributed by atoms with Crippen LogP contribution in [-0.2, 0) is 9.59 Å². The first-order valence-corrected chi connectivity index (χ1v) is 10.5. The zero-order valence-corrected chi connectivity index (χ0v) is 17.6. The number of carbonyl (C=O) groups is 2. The first-order chi connectivity index (χ1) is 13.4. The topological polar surface area (TPSA) is 87.7 Å². The maximum Gasteiger partial charge on any atom is 0.221 e. The number of anilines is 2. The second-order valence-corrected chi connectivity index (χ2v) is 7.26. The van der Waals surface area contributed by atoms with E-state index in [-0.39, 0.29) is 28.9 Å². The number of rotatable bonds is 14. The Morgan fingerprint density at radius 3 is 1.68 bits per heavy atom. The quantitative estimate of drug-likeness (QED) is 0.284. The molecule has 2 amide bonds. The van der Waals surface area contributed by atoms with Gasteiger partial charge < -0.3 is 20.5 Å². The Bertz CT molecular complexity index is 580. The molecule has 28 heavy (non-hydrogen) atoms. The Morgan fingerprint density at radius 2 is 1.25 bits per heavy atom. The number of unbranched alkanes of at least 4 members (excludes halogenated alkanes) is 9. The number of phenolic OH excluding ortho intramolecular Hbond substituents is 1. The van der Waals surface area contributed by atoms with E-state index in [1.807, 2.05) is 0 Å². The van der Waals surface area contributed by atoms with Crippen molar-refractivity contribution < 1.29 is 19.4 Å². The van der Waals surface area contributed by atoms with Crippen molar-refractivity contribution in [1.82, 2.24) is 0 Å². The van der Waals surface area contributed by atoms with Crippen molar-refractivity contribution in [3.05, 3.63) is 12.1 Å². The highest BCUT2D eigenvalue weighted by Gasteiger charge is 2.13. The van der Waals surface area contributed by atoms with E-state index in [0.717, 1.165) is 12.8 Å². The number of amides is 2. The summed E-state index contributed by atoms with van der Waals surface area (Å²) >= 11 is 0. The summed E-state index contributed by atoms with van der Waals surface area (Å²) in [5, 5.41) is 15.3. The van der Waals surface area contributed by atoms with Gasteiger partial charge in [0.15, 0.2) is 5.75 Å². The average molecular weight is 393 g/mol. The van der Waals surface area contributed by atoms with Crippen LogP contribution in [0.5, 0.6) is 11.5 Å². The van der Waals surface area contributed by atoms with Crippen molar-refractivity contribution >= 4 is 23.2 Å². The lowest BCUT2D eigenvalue weighted by Crippen LogP contribution is -2.10. The second-order valence-electron chi connectivity index (χ2n) is 7.26. The van der Waals surface area contributed by atoms with Gasteiger partial charge in [-0.25, -0.2) is 0 Å². The van der Waals surface area contributed by atoms with Gasteiger partial charge >= 0.3 is 0 Å². The highest BCUT2D eigenvalue weighted by molar-refractivity contribution is 5.96. The highest BCUT2D eigenvalue weighted by atomic mass is 16.5. The van der Waals surface area contributed by atoms with Crippen molar-refractivity contribution in [3.8, 4) is 11.5 Å². The van der Waals surface area contributed by atoms with Gasteiger partial charge in [0.05, 0.1) is 18.0 Å². The molecule has 0 spiro atoms. The molecule has 0 aliphatic rings. The molecule has 0 saturated carbocycles. The Kier molecular flexibility index (Phi) is 11.8. The molecule has 0 aromatic heterocycles. The number of ether oxygens (including phenoxy) is 1. The molecule has 6 nitrogen and oxygen atoms in total. The maximum absolute atomic E-state index is 11.3. The molecule has 0 saturated heterocycles. The Hall–Kier alpha value is -2.24. The normalized spacial score (nSPS) is 10.5. The van der Waals surface area contributed by atoms with Crippen molar-refractivity contribution in [2.24, 2.45) is 0 Å². The van der Waals surface area contributed by atoms with Gasteiger partial charge in [0.25, 0.3) is 0 Å². The summed E-state index contributed by atoms with van der Waals surface area (Å²) in [6.07, 6.45) is 12.5. The first kappa shape index (κ1) is 23.8. The Labute approximate surface area is 169 Å². The number of hydrogen-bond acceptors (Lipinski definition) is 4. The number of nitrogens with one attached hydrogen (secondary N) is 2. The van der Waals surface area contributed by atoms with Gasteiger partial charge in [0.1, 0.15) is 5.75 Å². The fourth-order valence-corrected chi connectivity index (χ4v) is 3.04. The fraction of sp³-hybridized carbons (Fsp3) is 0.636. The van der Waals surface area contributed by atoms with Crippen LogP contribution in [0.3, 0.4) is 0 Å². The standard InChI is InChI=1S/C22H36N2O4/c1-4-5-6-7-8-9-10-11-12-13-14-28-19-15-20(23-17(2)25)22(27)21(16-19)24-18(3)26/h15-16,27H,4-14H2,1-3H3,(H,23,25)(H,24,26). The molecule has 1 aromatic carbocycles. The summed E-state index contributed by atoms with van der Waals surface area (Å²) < 4.78 is 5.76. The molecular formula is C22H36N2O4. The van der Waals surface area contributed by atoms with Gasteiger partial charge in [-0.3, -0.25) is 9.59 Å². The van der Waals surface area contributed by atoms with Crippen LogP contribution in [0.15, 0.2) is 12.1 Å². The van der Waals surface area contributed by atoms with Gasteiger partial charge in [-0.15, -0.1) is 0 Å². The van der Waals surface area contributed by atoms with Crippen molar-refractivity contribution in [2.75, 3.05) is 17.2 Å². The predicted octanol–water partition coefficient (Wildman–Crippen LogP) is 5.61. The molecule has 0 radical (unpaired) electrons. The zero-order valence-electron chi connectivity index (χ0n) is 17.6. The number of aromatic hydroxyl groups is 1. The van der Waals surface area contributed by atoms with Crippen molar-refractivity contribution in [3.63, 3.8) is 0 Å². The van der Waals surface area contributed by atoms with Crippen LogP contribution < -0.4 is 15.4 Å². The van der Waals surface area contributed by atoms with Crippen LogP contribution in [0.4, 0.5) is 11.4 Å². The lowest BCUT2D eigenvalue weighted by Gasteiger charge is -2.14. The van der Waals surface area contributed by atoms with E-state index in [1.54, 1.807) is 12.1 Å². The fourth-order valence-electron chi connectivity index (χ4n) is 3.04. The van der Waals surface area contributed by atoms with E-state index in [1.165, 1.54) is 65.2 Å². The predicted molar refractivity (Wildman–Crippen MR) is 114 cm³/mol. The van der Waals surface area contributed by atoms with Crippen molar-refractivity contribution in [1.29, 1.82) is 0 Å². The number of carbonyl (C=O) groups excluding carboxylic acids is 2. The molecule has 0 atom stereocenters. The lowest BCUT2D eigenvalue weighted by molar-refractivity contribution is -0.115. The third kappa shape index (κ3) is 10.2. The van der Waals surface area contributed by atoms with Gasteiger partial charge in [-0.2, -0.15) is 0 Å². The lowest BCUT2D eigenvalue weighted by atomic mass is 10.1. The van der Waals surface area contributed by atoms with E-state index in [4.69, 9.17) is 4.74 Å². The van der Waals surface area contributed by atoms with Crippen LogP contribution in [0, 0.1) is 0 Å². The van der Waals surface area contributed by atoms with Crippen LogP contribution in [0.25, 0.3) is 0 Å². The summed E-state index contributed by atoms with van der Waals surface area (Å²) in [5.41, 5.74) is 0.439. The second kappa shape index (κ2) is 13.9. The molecule has 1 aromatic rings. The third-order valence-corrected chi connectivity index (χ3v) is 4.47. The summed E-state index contributed by atoms with van der Waals surface area (Å²) in [6, 6.07) is 3.14. The van der Waals surface area contributed by atoms with Crippen LogP contribution in [0.2, 0.25) is 0 Å². The van der Waals surface area contributed by atoms with Gasteiger partial charge in [0, 0.05) is 26.0 Å². The summed E-state index contributed by atoms with van der Waals surface area (Å²) in [7, 11) is 0. The minimum atomic E-state index is -0.309. The molecule has 6 heteroatoms. The van der Waals surface area contributed by atoms with E-state index in [0.29, 0.717) is 12.4 Å². The van der Waals surface area contributed by atoms with Gasteiger partial charge in [-0.05, 0) is 6.42 Å². The van der Waals surface area contributed by atoms with Gasteiger partial charge in [0.2, 0.25) is 11.8 Å². The highest BCUT2D eigenvalue weighted by Crippen LogP contribution is 2.37. The molecule has 0 bridgehead atoms. The Balaban J connectivity index is 2.38. The average Bonchev–Trinajstić information content (AvgIpc) is 2.62. The summed E-state index contributed by atoms with van der Waals surface area (Å²) in [5.74, 6) is -0.301. The number of hydrogen-bond donors (Lipinski definition) is 3. The molecule has 3 N–H and O–H groups in total.